The molecule has 1 aliphatic heterocycles. The maximum atomic E-state index is 13.1. The molecule has 7 nitrogen and oxygen atoms in total. The van der Waals surface area contributed by atoms with E-state index in [2.05, 4.69) is 84.8 Å². The number of aromatic nitrogens is 2. The zero-order chi connectivity index (χ0) is 27.9. The van der Waals surface area contributed by atoms with E-state index in [0.717, 1.165) is 4.46 Å². The Morgan fingerprint density at radius 3 is 2.14 bits per heavy atom. The molecule has 1 aliphatic rings. The first-order chi connectivity index (χ1) is 16.9. The Morgan fingerprint density at radius 1 is 1.00 bits per heavy atom. The van der Waals surface area contributed by atoms with Crippen molar-refractivity contribution in [2.75, 3.05) is 6.61 Å². The van der Waals surface area contributed by atoms with Crippen LogP contribution in [0.15, 0.2) is 52.2 Å². The summed E-state index contributed by atoms with van der Waals surface area (Å²) in [4.78, 5) is 27.5. The van der Waals surface area contributed by atoms with E-state index in [1.165, 1.54) is 6.07 Å². The van der Waals surface area contributed by atoms with Gasteiger partial charge in [0, 0.05) is 0 Å². The average molecular weight is 612 g/mol. The topological polar surface area (TPSA) is 82.5 Å². The molecule has 2 heterocycles. The number of H-pyrrole nitrogens is 1. The second-order valence-corrected chi connectivity index (χ2v) is 25.3. The number of rotatable bonds is 8. The number of hydrogen-bond acceptors (Lipinski definition) is 5. The SMILES string of the molecule is CC(C)(C)[Si](C)(C)OC[C@H]1O[C@]([Se]c2ccccc2)(n2ccc(=O)[nH]c2=O)C[C@@H]1O[Si](C)(C)C(C)(C)C. The van der Waals surface area contributed by atoms with Gasteiger partial charge in [-0.05, 0) is 0 Å². The summed E-state index contributed by atoms with van der Waals surface area (Å²) in [6.45, 7) is 22.7. The summed E-state index contributed by atoms with van der Waals surface area (Å²) in [7, 11) is -4.21. The fourth-order valence-corrected chi connectivity index (χ4v) is 8.83. The van der Waals surface area contributed by atoms with Crippen LogP contribution in [0.1, 0.15) is 48.0 Å². The number of hydrogen-bond donors (Lipinski definition) is 1. The van der Waals surface area contributed by atoms with Gasteiger partial charge in [-0.15, -0.1) is 0 Å². The molecule has 1 aromatic carbocycles. The van der Waals surface area contributed by atoms with Gasteiger partial charge in [-0.1, -0.05) is 0 Å². The fraction of sp³-hybridized carbons (Fsp3) is 0.630. The molecule has 1 N–H and O–H groups in total. The van der Waals surface area contributed by atoms with E-state index in [1.807, 2.05) is 18.2 Å². The molecule has 1 aromatic heterocycles. The molecule has 1 fully saturated rings. The summed E-state index contributed by atoms with van der Waals surface area (Å²) in [6, 6.07) is 11.5. The van der Waals surface area contributed by atoms with Crippen LogP contribution in [0.25, 0.3) is 0 Å². The van der Waals surface area contributed by atoms with Crippen LogP contribution in [0.4, 0.5) is 0 Å². The molecule has 0 amide bonds. The standard InChI is InChI=1S/C27H44N2O5SeSi2/c1-25(2,3)36(7,8)32-19-22-21(34-37(9,10)26(4,5)6)18-27(33-22,35-20-14-12-11-13-15-20)29-17-16-23(30)28-24(29)31/h11-17,21-22H,18-19H2,1-10H3,(H,28,30,31)/t21-,22+,27+/m0/s1. The quantitative estimate of drug-likeness (QED) is 0.449. The van der Waals surface area contributed by atoms with Crippen molar-refractivity contribution in [2.24, 2.45) is 0 Å². The minimum atomic E-state index is -2.16. The second-order valence-electron chi connectivity index (χ2n) is 13.0. The molecule has 3 atom stereocenters. The van der Waals surface area contributed by atoms with Gasteiger partial charge >= 0.3 is 230 Å². The van der Waals surface area contributed by atoms with Gasteiger partial charge in [0.1, 0.15) is 0 Å². The van der Waals surface area contributed by atoms with E-state index in [9.17, 15) is 9.59 Å². The molecule has 0 aliphatic carbocycles. The van der Waals surface area contributed by atoms with Crippen LogP contribution in [-0.2, 0) is 18.2 Å². The monoisotopic (exact) mass is 612 g/mol. The second kappa shape index (κ2) is 10.7. The van der Waals surface area contributed by atoms with Crippen molar-refractivity contribution in [3.05, 3.63) is 63.4 Å². The van der Waals surface area contributed by atoms with E-state index in [0.29, 0.717) is 13.0 Å². The van der Waals surface area contributed by atoms with Gasteiger partial charge in [0.2, 0.25) is 0 Å². The molecule has 2 aromatic rings. The van der Waals surface area contributed by atoms with E-state index >= 15 is 0 Å². The van der Waals surface area contributed by atoms with E-state index < -0.39 is 32.5 Å². The van der Waals surface area contributed by atoms with Crippen molar-refractivity contribution in [1.82, 2.24) is 9.55 Å². The van der Waals surface area contributed by atoms with Crippen molar-refractivity contribution in [2.45, 2.75) is 101 Å². The van der Waals surface area contributed by atoms with Crippen LogP contribution >= 0.6 is 0 Å². The van der Waals surface area contributed by atoms with E-state index in [-0.39, 0.29) is 37.2 Å². The van der Waals surface area contributed by atoms with Crippen molar-refractivity contribution in [3.63, 3.8) is 0 Å². The average Bonchev–Trinajstić information content (AvgIpc) is 3.08. The van der Waals surface area contributed by atoms with Gasteiger partial charge in [0.25, 0.3) is 0 Å². The maximum absolute atomic E-state index is 13.1. The number of nitrogens with one attached hydrogen (secondary N) is 1. The number of nitrogens with zero attached hydrogens (tertiary/aromatic N) is 1. The number of aromatic amines is 1. The molecule has 0 saturated carbocycles. The molecule has 10 heteroatoms. The predicted molar refractivity (Wildman–Crippen MR) is 156 cm³/mol. The third-order valence-corrected chi connectivity index (χ3v) is 19.8. The number of ether oxygens (including phenoxy) is 1. The van der Waals surface area contributed by atoms with Crippen LogP contribution in [0.5, 0.6) is 0 Å². The van der Waals surface area contributed by atoms with Crippen molar-refractivity contribution < 1.29 is 13.6 Å². The van der Waals surface area contributed by atoms with Crippen molar-refractivity contribution in [3.8, 4) is 0 Å². The van der Waals surface area contributed by atoms with Crippen molar-refractivity contribution >= 4 is 36.1 Å². The summed E-state index contributed by atoms with van der Waals surface area (Å²) < 4.78 is 22.2. The first-order valence-electron chi connectivity index (χ1n) is 12.9. The molecule has 0 spiro atoms. The van der Waals surface area contributed by atoms with Gasteiger partial charge in [-0.3, -0.25) is 0 Å². The van der Waals surface area contributed by atoms with E-state index in [1.54, 1.807) is 10.8 Å². The normalized spacial score (nSPS) is 23.4. The van der Waals surface area contributed by atoms with Crippen LogP contribution in [0.3, 0.4) is 0 Å². The van der Waals surface area contributed by atoms with Crippen molar-refractivity contribution in [1.29, 1.82) is 0 Å². The van der Waals surface area contributed by atoms with E-state index in [4.69, 9.17) is 13.6 Å². The zero-order valence-corrected chi connectivity index (χ0v) is 27.7. The van der Waals surface area contributed by atoms with Crippen LogP contribution in [-0.4, -0.2) is 60.0 Å². The molecule has 0 bridgehead atoms. The summed E-state index contributed by atoms with van der Waals surface area (Å²) in [5, 5.41) is 0.0742. The Labute approximate surface area is 229 Å². The molecule has 1 saturated heterocycles. The Bertz CT molecular complexity index is 1180. The van der Waals surface area contributed by atoms with Gasteiger partial charge < -0.3 is 0 Å². The van der Waals surface area contributed by atoms with Crippen LogP contribution in [0, 0.1) is 0 Å². The molecule has 37 heavy (non-hydrogen) atoms. The van der Waals surface area contributed by atoms with Gasteiger partial charge in [0.05, 0.1) is 0 Å². The third kappa shape index (κ3) is 6.85. The fourth-order valence-electron chi connectivity index (χ4n) is 3.70. The summed E-state index contributed by atoms with van der Waals surface area (Å²) >= 11 is -0.281. The third-order valence-electron chi connectivity index (χ3n) is 8.09. The molecule has 206 valence electrons. The molecule has 0 unspecified atom stereocenters. The molecule has 0 radical (unpaired) electrons. The zero-order valence-electron chi connectivity index (χ0n) is 24.0. The molecule has 3 rings (SSSR count). The predicted octanol–water partition coefficient (Wildman–Crippen LogP) is 4.38. The Hall–Kier alpha value is -1.27. The van der Waals surface area contributed by atoms with Crippen LogP contribution < -0.4 is 15.7 Å². The number of benzene rings is 1. The Balaban J connectivity index is 2.07. The first kappa shape index (κ1) is 30.3. The summed E-state index contributed by atoms with van der Waals surface area (Å²) in [6.07, 6.45) is 1.49. The molecular formula is C27H44N2O5SeSi2. The summed E-state index contributed by atoms with van der Waals surface area (Å²) in [5.74, 6) is 0. The molecular weight excluding hydrogens is 567 g/mol. The Kier molecular flexibility index (Phi) is 8.77. The van der Waals surface area contributed by atoms with Gasteiger partial charge in [-0.2, -0.15) is 0 Å². The Morgan fingerprint density at radius 2 is 1.59 bits per heavy atom. The first-order valence-corrected chi connectivity index (χ1v) is 20.5. The van der Waals surface area contributed by atoms with Gasteiger partial charge in [0.15, 0.2) is 0 Å². The minimum absolute atomic E-state index is 0.0164. The summed E-state index contributed by atoms with van der Waals surface area (Å²) in [5.41, 5.74) is -0.893. The van der Waals surface area contributed by atoms with Crippen LogP contribution in [0.2, 0.25) is 36.3 Å². The van der Waals surface area contributed by atoms with Gasteiger partial charge in [-0.25, -0.2) is 0 Å².